The van der Waals surface area contributed by atoms with Crippen molar-refractivity contribution < 1.29 is 9.53 Å². The van der Waals surface area contributed by atoms with Crippen LogP contribution in [0.15, 0.2) is 99.1 Å². The largest absolute Gasteiger partial charge is 0.488 e. The van der Waals surface area contributed by atoms with Gasteiger partial charge in [-0.15, -0.1) is 0 Å². The lowest BCUT2D eigenvalue weighted by Crippen LogP contribution is -2.18. The molecule has 0 radical (unpaired) electrons. The molecule has 4 rings (SSSR count). The summed E-state index contributed by atoms with van der Waals surface area (Å²) in [5.74, 6) is 0.297. The Morgan fingerprint density at radius 2 is 1.61 bits per heavy atom. The fraction of sp³-hybridized carbons (Fsp3) is 0.0800. The average molecular weight is 568 g/mol. The van der Waals surface area contributed by atoms with Crippen LogP contribution < -0.4 is 10.2 Å². The predicted octanol–water partition coefficient (Wildman–Crippen LogP) is 5.80. The third-order valence-electron chi connectivity index (χ3n) is 4.73. The number of hydrazone groups is 1. The molecular weight excluding hydrogens is 548 g/mol. The molecule has 0 unspecified atom stereocenters. The molecule has 166 valence electrons. The maximum absolute atomic E-state index is 12.4. The van der Waals surface area contributed by atoms with Crippen LogP contribution in [-0.4, -0.2) is 21.9 Å². The highest BCUT2D eigenvalue weighted by molar-refractivity contribution is 9.10. The van der Waals surface area contributed by atoms with Gasteiger partial charge in [0.1, 0.15) is 12.4 Å². The number of nitrogens with one attached hydrogen (secondary N) is 1. The number of para-hydroxylation sites is 1. The van der Waals surface area contributed by atoms with Gasteiger partial charge in [0, 0.05) is 20.7 Å². The van der Waals surface area contributed by atoms with Crippen LogP contribution in [0.1, 0.15) is 27.2 Å². The van der Waals surface area contributed by atoms with Gasteiger partial charge in [-0.2, -0.15) is 10.2 Å². The van der Waals surface area contributed by atoms with Crippen LogP contribution in [0.3, 0.4) is 0 Å². The van der Waals surface area contributed by atoms with E-state index >= 15 is 0 Å². The first kappa shape index (κ1) is 22.9. The van der Waals surface area contributed by atoms with Gasteiger partial charge in [0.15, 0.2) is 5.69 Å². The van der Waals surface area contributed by atoms with Crippen molar-refractivity contribution in [2.45, 2.75) is 13.2 Å². The van der Waals surface area contributed by atoms with E-state index in [0.717, 1.165) is 25.6 Å². The van der Waals surface area contributed by atoms with Crippen molar-refractivity contribution in [1.82, 2.24) is 15.2 Å². The van der Waals surface area contributed by atoms with Crippen molar-refractivity contribution in [3.63, 3.8) is 0 Å². The van der Waals surface area contributed by atoms with Gasteiger partial charge >= 0.3 is 0 Å². The molecule has 0 saturated heterocycles. The van der Waals surface area contributed by atoms with E-state index in [0.29, 0.717) is 24.6 Å². The number of aromatic nitrogens is 2. The van der Waals surface area contributed by atoms with E-state index in [1.165, 1.54) is 0 Å². The van der Waals surface area contributed by atoms with Crippen LogP contribution in [0.25, 0.3) is 0 Å². The first-order valence-corrected chi connectivity index (χ1v) is 11.7. The Hall–Kier alpha value is -3.23. The zero-order chi connectivity index (χ0) is 23.0. The Balaban J connectivity index is 1.34. The standard InChI is InChI=1S/C25H20Br2N4O2/c26-21-9-5-18(6-10-21)16-31-14-13-23(30-31)25(32)29-28-15-20-3-1-2-4-24(20)33-17-19-7-11-22(27)12-8-19/h1-15H,16-17H2,(H,29,32). The van der Waals surface area contributed by atoms with Gasteiger partial charge < -0.3 is 4.74 Å². The quantitative estimate of drug-likeness (QED) is 0.216. The molecule has 4 aromatic rings. The number of hydrogen-bond donors (Lipinski definition) is 1. The molecule has 6 nitrogen and oxygen atoms in total. The molecule has 1 aromatic heterocycles. The van der Waals surface area contributed by atoms with E-state index in [1.54, 1.807) is 23.2 Å². The number of nitrogens with zero attached hydrogens (tertiary/aromatic N) is 3. The highest BCUT2D eigenvalue weighted by Crippen LogP contribution is 2.18. The maximum Gasteiger partial charge on any atom is 0.291 e. The van der Waals surface area contributed by atoms with Crippen molar-refractivity contribution in [3.8, 4) is 5.75 Å². The molecule has 1 heterocycles. The van der Waals surface area contributed by atoms with E-state index in [-0.39, 0.29) is 5.91 Å². The topological polar surface area (TPSA) is 68.5 Å². The molecule has 0 saturated carbocycles. The Bertz CT molecular complexity index is 1250. The van der Waals surface area contributed by atoms with Crippen LogP contribution in [0, 0.1) is 0 Å². The number of amides is 1. The number of ether oxygens (including phenoxy) is 1. The first-order chi connectivity index (χ1) is 16.1. The summed E-state index contributed by atoms with van der Waals surface area (Å²) in [5, 5.41) is 8.41. The van der Waals surface area contributed by atoms with E-state index in [2.05, 4.69) is 47.5 Å². The monoisotopic (exact) mass is 566 g/mol. The van der Waals surface area contributed by atoms with Gasteiger partial charge in [0.05, 0.1) is 12.8 Å². The highest BCUT2D eigenvalue weighted by atomic mass is 79.9. The Morgan fingerprint density at radius 1 is 0.939 bits per heavy atom. The second kappa shape index (κ2) is 11.1. The van der Waals surface area contributed by atoms with Gasteiger partial charge in [0.2, 0.25) is 0 Å². The zero-order valence-electron chi connectivity index (χ0n) is 17.5. The molecule has 3 aromatic carbocycles. The molecule has 0 aliphatic rings. The Labute approximate surface area is 208 Å². The minimum absolute atomic E-state index is 0.295. The maximum atomic E-state index is 12.4. The lowest BCUT2D eigenvalue weighted by molar-refractivity contribution is 0.0949. The molecule has 0 fully saturated rings. The van der Waals surface area contributed by atoms with Crippen molar-refractivity contribution >= 4 is 44.0 Å². The molecule has 0 aliphatic heterocycles. The second-order valence-electron chi connectivity index (χ2n) is 7.18. The molecule has 0 spiro atoms. The summed E-state index contributed by atoms with van der Waals surface area (Å²) in [6.07, 6.45) is 3.33. The molecule has 1 N–H and O–H groups in total. The van der Waals surface area contributed by atoms with Gasteiger partial charge in [-0.25, -0.2) is 5.43 Å². The lowest BCUT2D eigenvalue weighted by atomic mass is 10.2. The molecule has 0 atom stereocenters. The van der Waals surface area contributed by atoms with Crippen LogP contribution in [0.4, 0.5) is 0 Å². The van der Waals surface area contributed by atoms with Gasteiger partial charge in [0.25, 0.3) is 5.91 Å². The second-order valence-corrected chi connectivity index (χ2v) is 9.01. The SMILES string of the molecule is O=C(NN=Cc1ccccc1OCc1ccc(Br)cc1)c1ccn(Cc2ccc(Br)cc2)n1. The van der Waals surface area contributed by atoms with Gasteiger partial charge in [-0.05, 0) is 53.6 Å². The number of halogens is 2. The van der Waals surface area contributed by atoms with Crippen molar-refractivity contribution in [3.05, 3.63) is 116 Å². The smallest absolute Gasteiger partial charge is 0.291 e. The van der Waals surface area contributed by atoms with E-state index < -0.39 is 0 Å². The van der Waals surface area contributed by atoms with Crippen LogP contribution in [0.2, 0.25) is 0 Å². The number of carbonyl (C=O) groups excluding carboxylic acids is 1. The molecule has 0 aliphatic carbocycles. The average Bonchev–Trinajstić information content (AvgIpc) is 3.29. The normalized spacial score (nSPS) is 11.0. The summed E-state index contributed by atoms with van der Waals surface area (Å²) < 4.78 is 9.69. The number of hydrogen-bond acceptors (Lipinski definition) is 4. The minimum atomic E-state index is -0.380. The van der Waals surface area contributed by atoms with Crippen LogP contribution in [0.5, 0.6) is 5.75 Å². The van der Waals surface area contributed by atoms with E-state index in [4.69, 9.17) is 4.74 Å². The van der Waals surface area contributed by atoms with E-state index in [9.17, 15) is 4.79 Å². The molecule has 0 bridgehead atoms. The fourth-order valence-electron chi connectivity index (χ4n) is 3.03. The van der Waals surface area contributed by atoms with Crippen LogP contribution in [-0.2, 0) is 13.2 Å². The first-order valence-electron chi connectivity index (χ1n) is 10.1. The van der Waals surface area contributed by atoms with Crippen LogP contribution >= 0.6 is 31.9 Å². The summed E-state index contributed by atoms with van der Waals surface area (Å²) in [4.78, 5) is 12.4. The Morgan fingerprint density at radius 3 is 2.33 bits per heavy atom. The highest BCUT2D eigenvalue weighted by Gasteiger charge is 2.09. The third kappa shape index (κ3) is 6.63. The van der Waals surface area contributed by atoms with Crippen molar-refractivity contribution in [1.29, 1.82) is 0 Å². The zero-order valence-corrected chi connectivity index (χ0v) is 20.7. The molecule has 33 heavy (non-hydrogen) atoms. The third-order valence-corrected chi connectivity index (χ3v) is 5.78. The summed E-state index contributed by atoms with van der Waals surface area (Å²) >= 11 is 6.85. The number of benzene rings is 3. The fourth-order valence-corrected chi connectivity index (χ4v) is 3.55. The van der Waals surface area contributed by atoms with Crippen molar-refractivity contribution in [2.24, 2.45) is 5.10 Å². The molecule has 8 heteroatoms. The van der Waals surface area contributed by atoms with E-state index in [1.807, 2.05) is 72.8 Å². The summed E-state index contributed by atoms with van der Waals surface area (Å²) in [5.41, 5.74) is 5.72. The minimum Gasteiger partial charge on any atom is -0.488 e. The van der Waals surface area contributed by atoms with Gasteiger partial charge in [-0.3, -0.25) is 9.48 Å². The molecule has 1 amide bonds. The summed E-state index contributed by atoms with van der Waals surface area (Å²) in [7, 11) is 0. The predicted molar refractivity (Wildman–Crippen MR) is 135 cm³/mol. The molecular formula is C25H20Br2N4O2. The van der Waals surface area contributed by atoms with Gasteiger partial charge in [-0.1, -0.05) is 68.3 Å². The summed E-state index contributed by atoms with van der Waals surface area (Å²) in [6, 6.07) is 25.1. The summed E-state index contributed by atoms with van der Waals surface area (Å²) in [6.45, 7) is 1.01. The van der Waals surface area contributed by atoms with Crippen molar-refractivity contribution in [2.75, 3.05) is 0 Å². The number of rotatable bonds is 8. The Kier molecular flexibility index (Phi) is 7.70. The lowest BCUT2D eigenvalue weighted by Gasteiger charge is -2.09. The number of carbonyl (C=O) groups is 1.